The van der Waals surface area contributed by atoms with E-state index in [1.807, 2.05) is 0 Å². The highest BCUT2D eigenvalue weighted by Crippen LogP contribution is 2.27. The summed E-state index contributed by atoms with van der Waals surface area (Å²) in [7, 11) is 0. The minimum atomic E-state index is -4.57. The summed E-state index contributed by atoms with van der Waals surface area (Å²) in [6, 6.07) is 1.57. The monoisotopic (exact) mass is 236 g/mol. The zero-order valence-electron chi connectivity index (χ0n) is 8.44. The summed E-state index contributed by atoms with van der Waals surface area (Å²) in [5.41, 5.74) is 5.58. The summed E-state index contributed by atoms with van der Waals surface area (Å²) in [6.45, 7) is 1.12. The Kier molecular flexibility index (Phi) is 3.41. The topological polar surface area (TPSA) is 76.4 Å². The van der Waals surface area contributed by atoms with Crippen LogP contribution < -0.4 is 5.73 Å². The van der Waals surface area contributed by atoms with Gasteiger partial charge in [0, 0.05) is 11.9 Å². The van der Waals surface area contributed by atoms with Gasteiger partial charge in [0.15, 0.2) is 5.84 Å². The lowest BCUT2D eigenvalue weighted by atomic mass is 10.1. The molecule has 1 heterocycles. The van der Waals surface area contributed by atoms with E-state index in [0.717, 1.165) is 4.68 Å². The molecule has 16 heavy (non-hydrogen) atoms. The molecular weight excluding hydrogens is 225 g/mol. The number of oxime groups is 1. The highest BCUT2D eigenvalue weighted by atomic mass is 19.4. The largest absolute Gasteiger partial charge is 0.409 e. The van der Waals surface area contributed by atoms with Crippen LogP contribution in [0.3, 0.4) is 0 Å². The minimum Gasteiger partial charge on any atom is -0.409 e. The Balaban J connectivity index is 2.93. The van der Waals surface area contributed by atoms with Crippen LogP contribution in [0.4, 0.5) is 13.2 Å². The second kappa shape index (κ2) is 4.42. The molecule has 90 valence electrons. The third kappa shape index (κ3) is 2.65. The van der Waals surface area contributed by atoms with Crippen LogP contribution in [-0.4, -0.2) is 27.0 Å². The van der Waals surface area contributed by atoms with Crippen LogP contribution in [-0.2, 0) is 6.54 Å². The third-order valence-electron chi connectivity index (χ3n) is 2.15. The molecule has 0 aliphatic heterocycles. The molecular formula is C8H11F3N4O. The fraction of sp³-hybridized carbons (Fsp3) is 0.500. The smallest absolute Gasteiger partial charge is 0.400 e. The molecule has 0 aliphatic carbocycles. The molecule has 8 heteroatoms. The van der Waals surface area contributed by atoms with Gasteiger partial charge in [-0.05, 0) is 13.0 Å². The zero-order valence-corrected chi connectivity index (χ0v) is 8.44. The van der Waals surface area contributed by atoms with Crippen molar-refractivity contribution in [3.8, 4) is 0 Å². The predicted molar refractivity (Wildman–Crippen MR) is 49.9 cm³/mol. The van der Waals surface area contributed by atoms with Gasteiger partial charge in [0.1, 0.15) is 5.92 Å². The average Bonchev–Trinajstić information content (AvgIpc) is 2.57. The molecule has 1 aromatic rings. The Morgan fingerprint density at radius 2 is 2.31 bits per heavy atom. The number of aromatic nitrogens is 2. The van der Waals surface area contributed by atoms with E-state index in [1.165, 1.54) is 6.20 Å². The molecule has 0 amide bonds. The van der Waals surface area contributed by atoms with E-state index in [4.69, 9.17) is 10.9 Å². The van der Waals surface area contributed by atoms with E-state index >= 15 is 0 Å². The number of amidine groups is 1. The zero-order chi connectivity index (χ0) is 12.3. The Bertz CT molecular complexity index is 385. The number of alkyl halides is 3. The van der Waals surface area contributed by atoms with Gasteiger partial charge in [-0.3, -0.25) is 4.68 Å². The van der Waals surface area contributed by atoms with Crippen LogP contribution in [0.5, 0.6) is 0 Å². The van der Waals surface area contributed by atoms with Gasteiger partial charge in [0.2, 0.25) is 0 Å². The van der Waals surface area contributed by atoms with Crippen molar-refractivity contribution >= 4 is 5.84 Å². The van der Waals surface area contributed by atoms with Crippen LogP contribution in [0, 0.1) is 12.8 Å². The molecule has 0 radical (unpaired) electrons. The highest BCUT2D eigenvalue weighted by molar-refractivity contribution is 5.82. The molecule has 0 fully saturated rings. The summed E-state index contributed by atoms with van der Waals surface area (Å²) in [4.78, 5) is 0. The molecule has 3 N–H and O–H groups in total. The summed E-state index contributed by atoms with van der Waals surface area (Å²) >= 11 is 0. The van der Waals surface area contributed by atoms with E-state index in [-0.39, 0.29) is 0 Å². The summed E-state index contributed by atoms with van der Waals surface area (Å²) in [5, 5.41) is 14.4. The molecule has 1 unspecified atom stereocenters. The number of nitrogens with zero attached hydrogens (tertiary/aromatic N) is 3. The Morgan fingerprint density at radius 1 is 1.69 bits per heavy atom. The first-order valence-electron chi connectivity index (χ1n) is 4.38. The molecule has 0 aromatic carbocycles. The number of hydrogen-bond donors (Lipinski definition) is 2. The second-order valence-electron chi connectivity index (χ2n) is 3.27. The van der Waals surface area contributed by atoms with Crippen molar-refractivity contribution in [2.24, 2.45) is 16.8 Å². The lowest BCUT2D eigenvalue weighted by molar-refractivity contribution is -0.159. The molecule has 0 saturated carbocycles. The molecule has 1 atom stereocenters. The molecule has 0 aliphatic rings. The van der Waals surface area contributed by atoms with Gasteiger partial charge in [0.25, 0.3) is 0 Å². The van der Waals surface area contributed by atoms with Gasteiger partial charge in [-0.2, -0.15) is 18.3 Å². The van der Waals surface area contributed by atoms with Crippen molar-refractivity contribution in [3.63, 3.8) is 0 Å². The number of aryl methyl sites for hydroxylation is 1. The summed E-state index contributed by atoms with van der Waals surface area (Å²) < 4.78 is 38.9. The SMILES string of the molecule is Cc1ccnn1CC(C(N)=NO)C(F)(F)F. The lowest BCUT2D eigenvalue weighted by Crippen LogP contribution is -2.39. The number of hydrogen-bond acceptors (Lipinski definition) is 3. The third-order valence-corrected chi connectivity index (χ3v) is 2.15. The molecule has 1 aromatic heterocycles. The first-order valence-corrected chi connectivity index (χ1v) is 4.38. The fourth-order valence-corrected chi connectivity index (χ4v) is 1.20. The van der Waals surface area contributed by atoms with E-state index in [1.54, 1.807) is 13.0 Å². The summed E-state index contributed by atoms with van der Waals surface area (Å²) in [6.07, 6.45) is -3.19. The maximum Gasteiger partial charge on any atom is 0.400 e. The van der Waals surface area contributed by atoms with Crippen LogP contribution >= 0.6 is 0 Å². The van der Waals surface area contributed by atoms with Gasteiger partial charge in [-0.15, -0.1) is 0 Å². The van der Waals surface area contributed by atoms with Crippen molar-refractivity contribution < 1.29 is 18.4 Å². The molecule has 0 saturated heterocycles. The maximum absolute atomic E-state index is 12.6. The van der Waals surface area contributed by atoms with Crippen molar-refractivity contribution in [1.82, 2.24) is 9.78 Å². The average molecular weight is 236 g/mol. The van der Waals surface area contributed by atoms with Gasteiger partial charge in [-0.1, -0.05) is 5.16 Å². The quantitative estimate of drug-likeness (QED) is 0.357. The molecule has 5 nitrogen and oxygen atoms in total. The molecule has 0 spiro atoms. The van der Waals surface area contributed by atoms with Gasteiger partial charge < -0.3 is 10.9 Å². The summed E-state index contributed by atoms with van der Waals surface area (Å²) in [5.74, 6) is -2.92. The van der Waals surface area contributed by atoms with Crippen molar-refractivity contribution in [2.75, 3.05) is 0 Å². The predicted octanol–water partition coefficient (Wildman–Crippen LogP) is 1.12. The van der Waals surface area contributed by atoms with E-state index in [0.29, 0.717) is 5.69 Å². The Hall–Kier alpha value is -1.73. The first kappa shape index (κ1) is 12.3. The van der Waals surface area contributed by atoms with Crippen molar-refractivity contribution in [1.29, 1.82) is 0 Å². The number of nitrogens with two attached hydrogens (primary N) is 1. The van der Waals surface area contributed by atoms with Crippen LogP contribution in [0.2, 0.25) is 0 Å². The fourth-order valence-electron chi connectivity index (χ4n) is 1.20. The number of halogens is 3. The van der Waals surface area contributed by atoms with E-state index < -0.39 is 24.5 Å². The molecule has 0 bridgehead atoms. The van der Waals surface area contributed by atoms with E-state index in [2.05, 4.69) is 10.3 Å². The van der Waals surface area contributed by atoms with Crippen molar-refractivity contribution in [3.05, 3.63) is 18.0 Å². The van der Waals surface area contributed by atoms with Gasteiger partial charge in [0.05, 0.1) is 6.54 Å². The van der Waals surface area contributed by atoms with Crippen LogP contribution in [0.25, 0.3) is 0 Å². The van der Waals surface area contributed by atoms with Gasteiger partial charge >= 0.3 is 6.18 Å². The Labute approximate surface area is 89.3 Å². The van der Waals surface area contributed by atoms with Crippen molar-refractivity contribution in [2.45, 2.75) is 19.6 Å². The second-order valence-corrected chi connectivity index (χ2v) is 3.27. The van der Waals surface area contributed by atoms with E-state index in [9.17, 15) is 13.2 Å². The maximum atomic E-state index is 12.6. The number of rotatable bonds is 3. The van der Waals surface area contributed by atoms with Crippen LogP contribution in [0.15, 0.2) is 17.4 Å². The normalized spacial score (nSPS) is 15.1. The minimum absolute atomic E-state index is 0.502. The Morgan fingerprint density at radius 3 is 2.69 bits per heavy atom. The van der Waals surface area contributed by atoms with Gasteiger partial charge in [-0.25, -0.2) is 0 Å². The standard InChI is InChI=1S/C8H11F3N4O/c1-5-2-3-13-15(5)4-6(7(12)14-16)8(9,10)11/h2-3,6,16H,4H2,1H3,(H2,12,14). The van der Waals surface area contributed by atoms with Crippen LogP contribution in [0.1, 0.15) is 5.69 Å². The highest BCUT2D eigenvalue weighted by Gasteiger charge is 2.43. The lowest BCUT2D eigenvalue weighted by Gasteiger charge is -2.19. The molecule has 1 rings (SSSR count). The first-order chi connectivity index (χ1) is 7.36.